The van der Waals surface area contributed by atoms with E-state index in [0.29, 0.717) is 5.02 Å². The fourth-order valence-corrected chi connectivity index (χ4v) is 1.27. The van der Waals surface area contributed by atoms with Crippen LogP contribution in [0.5, 0.6) is 0 Å². The summed E-state index contributed by atoms with van der Waals surface area (Å²) in [7, 11) is 0. The average Bonchev–Trinajstić information content (AvgIpc) is 2.16. The molecule has 1 aromatic rings. The number of halogens is 2. The molecule has 0 heterocycles. The van der Waals surface area contributed by atoms with Crippen LogP contribution >= 0.6 is 24.0 Å². The van der Waals surface area contributed by atoms with Gasteiger partial charge in [0.2, 0.25) is 0 Å². The Morgan fingerprint density at radius 3 is 2.67 bits per heavy atom. The van der Waals surface area contributed by atoms with Gasteiger partial charge in [-0.15, -0.1) is 12.4 Å². The summed E-state index contributed by atoms with van der Waals surface area (Å²) in [5, 5.41) is 19.7. The largest absolute Gasteiger partial charge is 0.394 e. The molecule has 0 radical (unpaired) electrons. The minimum absolute atomic E-state index is 0. The van der Waals surface area contributed by atoms with Crippen molar-refractivity contribution in [1.82, 2.24) is 0 Å². The molecule has 1 rings (SSSR count). The Kier molecular flexibility index (Phi) is 5.53. The second kappa shape index (κ2) is 5.87. The van der Waals surface area contributed by atoms with Gasteiger partial charge in [-0.05, 0) is 12.1 Å². The topological polar surface area (TPSA) is 89.4 Å². The number of nitro groups is 1. The van der Waals surface area contributed by atoms with Crippen LogP contribution < -0.4 is 5.73 Å². The lowest BCUT2D eigenvalue weighted by atomic mass is 10.1. The highest BCUT2D eigenvalue weighted by Crippen LogP contribution is 2.26. The lowest BCUT2D eigenvalue weighted by Crippen LogP contribution is -2.16. The normalized spacial score (nSPS) is 11.7. The lowest BCUT2D eigenvalue weighted by molar-refractivity contribution is -0.385. The van der Waals surface area contributed by atoms with Gasteiger partial charge in [-0.25, -0.2) is 0 Å². The van der Waals surface area contributed by atoms with Crippen LogP contribution in [0, 0.1) is 10.1 Å². The molecule has 0 unspecified atom stereocenters. The Hall–Kier alpha value is -0.880. The van der Waals surface area contributed by atoms with Crippen LogP contribution in [0.3, 0.4) is 0 Å². The summed E-state index contributed by atoms with van der Waals surface area (Å²) in [6.45, 7) is -0.360. The molecule has 0 amide bonds. The quantitative estimate of drug-likeness (QED) is 0.633. The number of rotatable bonds is 3. The molecule has 0 spiro atoms. The first kappa shape index (κ1) is 14.1. The van der Waals surface area contributed by atoms with Crippen molar-refractivity contribution in [1.29, 1.82) is 0 Å². The molecule has 1 aromatic carbocycles. The summed E-state index contributed by atoms with van der Waals surface area (Å²) in [6, 6.07) is 3.29. The number of aliphatic hydroxyl groups is 1. The van der Waals surface area contributed by atoms with E-state index < -0.39 is 11.0 Å². The SMILES string of the molecule is Cl.N[C@@H](CO)c1cc(Cl)ccc1[N+](=O)[O-]. The maximum absolute atomic E-state index is 10.6. The van der Waals surface area contributed by atoms with Gasteiger partial charge in [-0.3, -0.25) is 10.1 Å². The number of hydrogen-bond acceptors (Lipinski definition) is 4. The molecule has 5 nitrogen and oxygen atoms in total. The third kappa shape index (κ3) is 3.32. The Labute approximate surface area is 97.4 Å². The van der Waals surface area contributed by atoms with Crippen LogP contribution in [0.25, 0.3) is 0 Å². The monoisotopic (exact) mass is 252 g/mol. The zero-order valence-corrected chi connectivity index (χ0v) is 9.16. The molecule has 0 aliphatic carbocycles. The van der Waals surface area contributed by atoms with Crippen LogP contribution in [0.1, 0.15) is 11.6 Å². The summed E-state index contributed by atoms with van der Waals surface area (Å²) >= 11 is 5.66. The molecule has 0 aromatic heterocycles. The highest BCUT2D eigenvalue weighted by Gasteiger charge is 2.18. The molecule has 3 N–H and O–H groups in total. The van der Waals surface area contributed by atoms with Gasteiger partial charge in [0, 0.05) is 11.1 Å². The smallest absolute Gasteiger partial charge is 0.274 e. The second-order valence-electron chi connectivity index (χ2n) is 2.75. The summed E-state index contributed by atoms with van der Waals surface area (Å²) < 4.78 is 0. The van der Waals surface area contributed by atoms with Crippen molar-refractivity contribution < 1.29 is 10.0 Å². The molecule has 0 fully saturated rings. The van der Waals surface area contributed by atoms with Gasteiger partial charge in [0.25, 0.3) is 5.69 Å². The maximum Gasteiger partial charge on any atom is 0.274 e. The number of aliphatic hydroxyl groups excluding tert-OH is 1. The van der Waals surface area contributed by atoms with Crippen LogP contribution in [-0.2, 0) is 0 Å². The van der Waals surface area contributed by atoms with Gasteiger partial charge < -0.3 is 10.8 Å². The van der Waals surface area contributed by atoms with Crippen molar-refractivity contribution in [3.63, 3.8) is 0 Å². The van der Waals surface area contributed by atoms with Crippen molar-refractivity contribution in [3.05, 3.63) is 38.9 Å². The molecule has 84 valence electrons. The number of nitrogens with two attached hydrogens (primary N) is 1. The Morgan fingerprint density at radius 1 is 1.60 bits per heavy atom. The Balaban J connectivity index is 0.00000196. The first-order chi connectivity index (χ1) is 6.56. The predicted octanol–water partition coefficient (Wildman–Crippen LogP) is 1.66. The number of nitro benzene ring substituents is 1. The highest BCUT2D eigenvalue weighted by atomic mass is 35.5. The van der Waals surface area contributed by atoms with Crippen LogP contribution in [0.2, 0.25) is 5.02 Å². The molecule has 0 bridgehead atoms. The second-order valence-corrected chi connectivity index (χ2v) is 3.19. The van der Waals surface area contributed by atoms with Gasteiger partial charge >= 0.3 is 0 Å². The van der Waals surface area contributed by atoms with Crippen molar-refractivity contribution in [2.24, 2.45) is 5.73 Å². The van der Waals surface area contributed by atoms with E-state index >= 15 is 0 Å². The first-order valence-corrected chi connectivity index (χ1v) is 4.24. The predicted molar refractivity (Wildman–Crippen MR) is 59.4 cm³/mol. The Bertz CT molecular complexity index is 360. The van der Waals surface area contributed by atoms with Gasteiger partial charge in [-0.2, -0.15) is 0 Å². The molecule has 0 saturated carbocycles. The van der Waals surface area contributed by atoms with Crippen molar-refractivity contribution in [2.75, 3.05) is 6.61 Å². The average molecular weight is 253 g/mol. The summed E-state index contributed by atoms with van der Waals surface area (Å²) in [5.74, 6) is 0. The molecule has 0 aliphatic rings. The zero-order chi connectivity index (χ0) is 10.7. The minimum atomic E-state index is -0.783. The molecular formula is C8H10Cl2N2O3. The van der Waals surface area contributed by atoms with E-state index in [1.54, 1.807) is 0 Å². The van der Waals surface area contributed by atoms with Gasteiger partial charge in [0.05, 0.1) is 23.1 Å². The van der Waals surface area contributed by atoms with E-state index in [4.69, 9.17) is 22.4 Å². The van der Waals surface area contributed by atoms with Crippen LogP contribution in [-0.4, -0.2) is 16.6 Å². The third-order valence-electron chi connectivity index (χ3n) is 1.78. The van der Waals surface area contributed by atoms with E-state index in [1.165, 1.54) is 18.2 Å². The molecule has 1 atom stereocenters. The highest BCUT2D eigenvalue weighted by molar-refractivity contribution is 6.30. The summed E-state index contributed by atoms with van der Waals surface area (Å²) in [5.41, 5.74) is 5.60. The minimum Gasteiger partial charge on any atom is -0.394 e. The lowest BCUT2D eigenvalue weighted by Gasteiger charge is -2.08. The molecule has 0 aliphatic heterocycles. The van der Waals surface area contributed by atoms with Crippen molar-refractivity contribution in [2.45, 2.75) is 6.04 Å². The summed E-state index contributed by atoms with van der Waals surface area (Å²) in [6.07, 6.45) is 0. The number of hydrogen-bond donors (Lipinski definition) is 2. The number of benzene rings is 1. The fraction of sp³-hybridized carbons (Fsp3) is 0.250. The van der Waals surface area contributed by atoms with E-state index in [-0.39, 0.29) is 30.3 Å². The summed E-state index contributed by atoms with van der Waals surface area (Å²) in [4.78, 5) is 10.0. The molecule has 15 heavy (non-hydrogen) atoms. The van der Waals surface area contributed by atoms with Crippen molar-refractivity contribution in [3.8, 4) is 0 Å². The van der Waals surface area contributed by atoms with Gasteiger partial charge in [-0.1, -0.05) is 11.6 Å². The molecule has 7 heteroatoms. The molecule has 0 saturated heterocycles. The zero-order valence-electron chi connectivity index (χ0n) is 7.59. The van der Waals surface area contributed by atoms with Gasteiger partial charge in [0.1, 0.15) is 0 Å². The van der Waals surface area contributed by atoms with E-state index in [0.717, 1.165) is 0 Å². The maximum atomic E-state index is 10.6. The molecular weight excluding hydrogens is 243 g/mol. The third-order valence-corrected chi connectivity index (χ3v) is 2.02. The van der Waals surface area contributed by atoms with Crippen LogP contribution in [0.15, 0.2) is 18.2 Å². The standard InChI is InChI=1S/C8H9ClN2O3.ClH/c9-5-1-2-8(11(13)14)6(3-5)7(10)4-12;/h1-3,7,12H,4,10H2;1H/t7-;/m0./s1. The van der Waals surface area contributed by atoms with Crippen LogP contribution in [0.4, 0.5) is 5.69 Å². The Morgan fingerprint density at radius 2 is 2.20 bits per heavy atom. The van der Waals surface area contributed by atoms with E-state index in [2.05, 4.69) is 0 Å². The van der Waals surface area contributed by atoms with Crippen molar-refractivity contribution >= 4 is 29.7 Å². The first-order valence-electron chi connectivity index (χ1n) is 3.86. The van der Waals surface area contributed by atoms with Gasteiger partial charge in [0.15, 0.2) is 0 Å². The van der Waals surface area contributed by atoms with E-state index in [9.17, 15) is 10.1 Å². The fourth-order valence-electron chi connectivity index (χ4n) is 1.09. The number of nitrogens with zero attached hydrogens (tertiary/aromatic N) is 1. The van der Waals surface area contributed by atoms with E-state index in [1.807, 2.05) is 0 Å².